The predicted octanol–water partition coefficient (Wildman–Crippen LogP) is 3.31. The quantitative estimate of drug-likeness (QED) is 0.443. The van der Waals surface area contributed by atoms with E-state index in [1.165, 1.54) is 12.1 Å². The molecule has 29 heavy (non-hydrogen) atoms. The van der Waals surface area contributed by atoms with Crippen molar-refractivity contribution in [3.05, 3.63) is 35.9 Å². The molecule has 0 heterocycles. The Labute approximate surface area is 161 Å². The number of rotatable bonds is 7. The molecule has 0 aliphatic heterocycles. The fourth-order valence-electron chi connectivity index (χ4n) is 1.95. The molecule has 1 rings (SSSR count). The second-order valence-electron chi connectivity index (χ2n) is 5.60. The van der Waals surface area contributed by atoms with Crippen LogP contribution in [0.3, 0.4) is 0 Å². The van der Waals surface area contributed by atoms with Gasteiger partial charge in [0.05, 0.1) is 0 Å². The summed E-state index contributed by atoms with van der Waals surface area (Å²) < 4.78 is 127. The van der Waals surface area contributed by atoms with Crippen LogP contribution in [-0.2, 0) is 35.8 Å². The van der Waals surface area contributed by atoms with Crippen LogP contribution in [0.5, 0.6) is 0 Å². The summed E-state index contributed by atoms with van der Waals surface area (Å²) in [5.74, 6) is 0. The molecular weight excluding hydrogens is 458 g/mol. The smallest absolute Gasteiger partial charge is 0.431 e. The van der Waals surface area contributed by atoms with Gasteiger partial charge in [-0.3, -0.25) is 0 Å². The molecule has 0 bridgehead atoms. The summed E-state index contributed by atoms with van der Waals surface area (Å²) in [7, 11) is -13.6. The third-order valence-corrected chi connectivity index (χ3v) is 7.94. The van der Waals surface area contributed by atoms with Crippen molar-refractivity contribution < 1.29 is 57.4 Å². The molecule has 1 atom stereocenters. The first-order valence-corrected chi connectivity index (χ1v) is 10.6. The Balaban J connectivity index is 2.98. The van der Waals surface area contributed by atoms with E-state index in [2.05, 4.69) is 9.47 Å². The molecule has 0 spiro atoms. The summed E-state index contributed by atoms with van der Waals surface area (Å²) in [6.07, 6.45) is -5.34. The second-order valence-corrected chi connectivity index (χ2v) is 10.1. The minimum Gasteiger partial charge on any atom is -0.431 e. The van der Waals surface area contributed by atoms with Crippen molar-refractivity contribution in [3.63, 3.8) is 0 Å². The lowest BCUT2D eigenvalue weighted by molar-refractivity contribution is -0.0477. The molecule has 1 unspecified atom stereocenters. The molecule has 0 aliphatic rings. The lowest BCUT2D eigenvalue weighted by atomic mass is 10.2. The van der Waals surface area contributed by atoms with E-state index in [0.717, 1.165) is 0 Å². The second kappa shape index (κ2) is 8.77. The van der Waals surface area contributed by atoms with E-state index < -0.39 is 54.0 Å². The van der Waals surface area contributed by atoms with E-state index in [0.29, 0.717) is 12.5 Å². The lowest BCUT2D eigenvalue weighted by Crippen LogP contribution is -2.46. The average Bonchev–Trinajstić information content (AvgIpc) is 2.56. The number of hydrogen-bond donors (Lipinski definition) is 0. The van der Waals surface area contributed by atoms with Crippen LogP contribution in [0.25, 0.3) is 0 Å². The van der Waals surface area contributed by atoms with Crippen molar-refractivity contribution in [1.82, 2.24) is 0 Å². The molecule has 7 nitrogen and oxygen atoms in total. The van der Waals surface area contributed by atoms with E-state index in [1.807, 2.05) is 0 Å². The van der Waals surface area contributed by atoms with Crippen LogP contribution >= 0.6 is 0 Å². The molecule has 1 aromatic rings. The first-order valence-electron chi connectivity index (χ1n) is 7.48. The van der Waals surface area contributed by atoms with Gasteiger partial charge in [0.25, 0.3) is 19.7 Å². The average molecular weight is 472 g/mol. The summed E-state index contributed by atoms with van der Waals surface area (Å²) in [5, 5.41) is 0. The zero-order valence-electron chi connectivity index (χ0n) is 14.4. The lowest BCUT2D eigenvalue weighted by Gasteiger charge is -2.23. The number of ether oxygens (including phenoxy) is 2. The Morgan fingerprint density at radius 3 is 1.79 bits per heavy atom. The molecule has 0 aromatic heterocycles. The SMILES string of the molecule is CC(CC(S(=O)(=O)C(F)(F)F)S(=O)(=O)C(F)(F)F)OC(=O)OCc1ccccc1. The standard InChI is InChI=1S/C14H14F6O7S2/c1-9(27-12(21)26-8-10-5-3-2-4-6-10)7-11(28(22,23)13(15,16)17)29(24,25)14(18,19)20/h2-6,9,11H,7-8H2,1H3. The highest BCUT2D eigenvalue weighted by Gasteiger charge is 2.63. The fourth-order valence-corrected chi connectivity index (χ4v) is 5.59. The summed E-state index contributed by atoms with van der Waals surface area (Å²) in [6.45, 7) is 0.353. The molecule has 0 aliphatic carbocycles. The Bertz CT molecular complexity index is 864. The zero-order chi connectivity index (χ0) is 22.7. The van der Waals surface area contributed by atoms with Crippen molar-refractivity contribution in [3.8, 4) is 0 Å². The van der Waals surface area contributed by atoms with Gasteiger partial charge in [-0.1, -0.05) is 30.3 Å². The number of carbonyl (C=O) groups excluding carboxylic acids is 1. The summed E-state index contributed by atoms with van der Waals surface area (Å²) in [6, 6.07) is 7.87. The number of carbonyl (C=O) groups is 1. The molecule has 0 amide bonds. The Morgan fingerprint density at radius 2 is 1.38 bits per heavy atom. The van der Waals surface area contributed by atoms with Gasteiger partial charge in [-0.05, 0) is 12.5 Å². The molecule has 166 valence electrons. The molecule has 0 N–H and O–H groups in total. The normalized spacial score (nSPS) is 14.5. The molecule has 0 saturated heterocycles. The third-order valence-electron chi connectivity index (χ3n) is 3.36. The third kappa shape index (κ3) is 6.22. The van der Waals surface area contributed by atoms with E-state index in [4.69, 9.17) is 0 Å². The number of halogens is 6. The maximum Gasteiger partial charge on any atom is 0.508 e. The molecular formula is C14H14F6O7S2. The molecule has 0 radical (unpaired) electrons. The topological polar surface area (TPSA) is 104 Å². The van der Waals surface area contributed by atoms with Crippen LogP contribution in [0, 0.1) is 0 Å². The van der Waals surface area contributed by atoms with Gasteiger partial charge < -0.3 is 9.47 Å². The molecule has 0 fully saturated rings. The maximum atomic E-state index is 12.7. The van der Waals surface area contributed by atoms with E-state index in [9.17, 15) is 48.0 Å². The van der Waals surface area contributed by atoms with Gasteiger partial charge in [0.1, 0.15) is 12.7 Å². The van der Waals surface area contributed by atoms with Crippen molar-refractivity contribution in [2.45, 2.75) is 41.7 Å². The first kappa shape index (κ1) is 25.0. The number of benzene rings is 1. The van der Waals surface area contributed by atoms with Gasteiger partial charge in [-0.2, -0.15) is 26.3 Å². The molecule has 15 heteroatoms. The van der Waals surface area contributed by atoms with Gasteiger partial charge in [0.2, 0.25) is 0 Å². The van der Waals surface area contributed by atoms with Gasteiger partial charge in [0, 0.05) is 6.42 Å². The van der Waals surface area contributed by atoms with E-state index in [-0.39, 0.29) is 6.61 Å². The monoisotopic (exact) mass is 472 g/mol. The highest BCUT2D eigenvalue weighted by Crippen LogP contribution is 2.38. The predicted molar refractivity (Wildman–Crippen MR) is 85.5 cm³/mol. The highest BCUT2D eigenvalue weighted by atomic mass is 32.3. The molecule has 0 saturated carbocycles. The number of hydrogen-bond acceptors (Lipinski definition) is 7. The minimum atomic E-state index is -6.81. The number of sulfone groups is 2. The Kier molecular flexibility index (Phi) is 7.56. The first-order chi connectivity index (χ1) is 13.0. The van der Waals surface area contributed by atoms with Crippen molar-refractivity contribution in [2.24, 2.45) is 0 Å². The van der Waals surface area contributed by atoms with Crippen LogP contribution in [0.2, 0.25) is 0 Å². The van der Waals surface area contributed by atoms with Crippen LogP contribution in [-0.4, -0.2) is 44.7 Å². The van der Waals surface area contributed by atoms with Crippen LogP contribution < -0.4 is 0 Å². The largest absolute Gasteiger partial charge is 0.508 e. The van der Waals surface area contributed by atoms with Gasteiger partial charge >= 0.3 is 17.2 Å². The Morgan fingerprint density at radius 1 is 0.931 bits per heavy atom. The highest BCUT2D eigenvalue weighted by molar-refractivity contribution is 8.09. The van der Waals surface area contributed by atoms with E-state index >= 15 is 0 Å². The maximum absolute atomic E-state index is 12.7. The van der Waals surface area contributed by atoms with Crippen molar-refractivity contribution >= 4 is 25.8 Å². The summed E-state index contributed by atoms with van der Waals surface area (Å²) >= 11 is 0. The summed E-state index contributed by atoms with van der Waals surface area (Å²) in [5.41, 5.74) is -12.1. The summed E-state index contributed by atoms with van der Waals surface area (Å²) in [4.78, 5) is 11.5. The zero-order valence-corrected chi connectivity index (χ0v) is 16.0. The fraction of sp³-hybridized carbons (Fsp3) is 0.500. The van der Waals surface area contributed by atoms with Crippen molar-refractivity contribution in [2.75, 3.05) is 0 Å². The van der Waals surface area contributed by atoms with Crippen molar-refractivity contribution in [1.29, 1.82) is 0 Å². The Hall–Kier alpha value is -2.03. The van der Waals surface area contributed by atoms with Gasteiger partial charge in [0.15, 0.2) is 4.58 Å². The molecule has 1 aromatic carbocycles. The van der Waals surface area contributed by atoms with E-state index in [1.54, 1.807) is 18.2 Å². The van der Waals surface area contributed by atoms with Crippen LogP contribution in [0.1, 0.15) is 18.9 Å². The van der Waals surface area contributed by atoms with Gasteiger partial charge in [-0.25, -0.2) is 21.6 Å². The minimum absolute atomic E-state index is 0.364. The van der Waals surface area contributed by atoms with Gasteiger partial charge in [-0.15, -0.1) is 0 Å². The van der Waals surface area contributed by atoms with Crippen LogP contribution in [0.15, 0.2) is 30.3 Å². The number of alkyl halides is 6. The van der Waals surface area contributed by atoms with Crippen LogP contribution in [0.4, 0.5) is 31.1 Å².